The molecule has 1 aromatic heterocycles. The fourth-order valence-electron chi connectivity index (χ4n) is 2.03. The van der Waals surface area contributed by atoms with E-state index in [1.54, 1.807) is 12.3 Å². The van der Waals surface area contributed by atoms with Crippen LogP contribution in [0.3, 0.4) is 0 Å². The second-order valence-electron chi connectivity index (χ2n) is 4.72. The molecule has 1 aliphatic rings. The predicted molar refractivity (Wildman–Crippen MR) is 72.5 cm³/mol. The number of amides is 1. The first-order valence-corrected chi connectivity index (χ1v) is 6.26. The van der Waals surface area contributed by atoms with Gasteiger partial charge in [-0.05, 0) is 26.0 Å². The average Bonchev–Trinajstić information content (AvgIpc) is 2.39. The van der Waals surface area contributed by atoms with Gasteiger partial charge in [0.2, 0.25) is 5.91 Å². The van der Waals surface area contributed by atoms with Crippen molar-refractivity contribution < 1.29 is 4.79 Å². The zero-order valence-electron chi connectivity index (χ0n) is 11.0. The van der Waals surface area contributed by atoms with Gasteiger partial charge < -0.3 is 9.80 Å². The molecule has 1 saturated heterocycles. The Bertz CT molecular complexity index is 430. The van der Waals surface area contributed by atoms with E-state index < -0.39 is 0 Å². The molecule has 0 bridgehead atoms. The average molecular weight is 245 g/mol. The number of piperazine rings is 1. The number of rotatable bonds is 2. The Morgan fingerprint density at radius 1 is 1.22 bits per heavy atom. The lowest BCUT2D eigenvalue weighted by atomic mass is 10.2. The zero-order valence-corrected chi connectivity index (χ0v) is 11.0. The minimum atomic E-state index is 0.121. The molecule has 0 unspecified atom stereocenters. The molecule has 4 nitrogen and oxygen atoms in total. The number of carbonyl (C=O) groups excluding carboxylic acids is 1. The predicted octanol–water partition coefficient (Wildman–Crippen LogP) is 1.70. The highest BCUT2D eigenvalue weighted by Crippen LogP contribution is 2.12. The smallest absolute Gasteiger partial charge is 0.246 e. The summed E-state index contributed by atoms with van der Waals surface area (Å²) in [6, 6.07) is 5.91. The molecule has 18 heavy (non-hydrogen) atoms. The fourth-order valence-corrected chi connectivity index (χ4v) is 2.03. The number of anilines is 1. The number of pyridine rings is 1. The first-order valence-electron chi connectivity index (χ1n) is 6.26. The van der Waals surface area contributed by atoms with Crippen LogP contribution in [0.1, 0.15) is 13.8 Å². The molecule has 2 rings (SSSR count). The van der Waals surface area contributed by atoms with Crippen LogP contribution in [0.15, 0.2) is 36.0 Å². The lowest BCUT2D eigenvalue weighted by Gasteiger charge is -2.35. The maximum absolute atomic E-state index is 11.9. The lowest BCUT2D eigenvalue weighted by molar-refractivity contribution is -0.126. The monoisotopic (exact) mass is 245 g/mol. The van der Waals surface area contributed by atoms with Crippen molar-refractivity contribution in [3.05, 3.63) is 36.0 Å². The van der Waals surface area contributed by atoms with Gasteiger partial charge in [0, 0.05) is 38.5 Å². The van der Waals surface area contributed by atoms with Gasteiger partial charge in [0.1, 0.15) is 5.82 Å². The summed E-state index contributed by atoms with van der Waals surface area (Å²) in [5.41, 5.74) is 1.05. The van der Waals surface area contributed by atoms with Crippen molar-refractivity contribution in [3.63, 3.8) is 0 Å². The SMILES string of the molecule is CC(C)=CC(=O)N1CCN(c2ccccn2)CC1. The maximum Gasteiger partial charge on any atom is 0.246 e. The molecule has 1 aromatic rings. The van der Waals surface area contributed by atoms with Crippen LogP contribution in [0, 0.1) is 0 Å². The standard InChI is InChI=1S/C14H19N3O/c1-12(2)11-14(18)17-9-7-16(8-10-17)13-5-3-4-6-15-13/h3-6,11H,7-10H2,1-2H3. The Morgan fingerprint density at radius 2 is 1.94 bits per heavy atom. The number of hydrogen-bond donors (Lipinski definition) is 0. The van der Waals surface area contributed by atoms with E-state index in [2.05, 4.69) is 9.88 Å². The summed E-state index contributed by atoms with van der Waals surface area (Å²) in [6.07, 6.45) is 3.51. The van der Waals surface area contributed by atoms with Crippen LogP contribution < -0.4 is 4.90 Å². The second-order valence-corrected chi connectivity index (χ2v) is 4.72. The molecule has 1 amide bonds. The highest BCUT2D eigenvalue weighted by molar-refractivity contribution is 5.88. The second kappa shape index (κ2) is 5.67. The van der Waals surface area contributed by atoms with Gasteiger partial charge in [-0.25, -0.2) is 4.98 Å². The molecule has 0 spiro atoms. The van der Waals surface area contributed by atoms with Crippen LogP contribution in [0.2, 0.25) is 0 Å². The van der Waals surface area contributed by atoms with Gasteiger partial charge in [-0.15, -0.1) is 0 Å². The summed E-state index contributed by atoms with van der Waals surface area (Å²) < 4.78 is 0. The van der Waals surface area contributed by atoms with Crippen LogP contribution in [0.25, 0.3) is 0 Å². The van der Waals surface area contributed by atoms with Gasteiger partial charge in [-0.2, -0.15) is 0 Å². The first-order chi connectivity index (χ1) is 8.66. The molecule has 0 atom stereocenters. The fraction of sp³-hybridized carbons (Fsp3) is 0.429. The topological polar surface area (TPSA) is 36.4 Å². The van der Waals surface area contributed by atoms with Gasteiger partial charge >= 0.3 is 0 Å². The van der Waals surface area contributed by atoms with Gasteiger partial charge in [-0.3, -0.25) is 4.79 Å². The third kappa shape index (κ3) is 3.09. The third-order valence-electron chi connectivity index (χ3n) is 2.98. The van der Waals surface area contributed by atoms with E-state index in [-0.39, 0.29) is 5.91 Å². The lowest BCUT2D eigenvalue weighted by Crippen LogP contribution is -2.48. The summed E-state index contributed by atoms with van der Waals surface area (Å²) in [5.74, 6) is 1.11. The number of aromatic nitrogens is 1. The van der Waals surface area contributed by atoms with Crippen LogP contribution >= 0.6 is 0 Å². The molecule has 2 heterocycles. The van der Waals surface area contributed by atoms with E-state index in [0.717, 1.165) is 37.6 Å². The molecule has 4 heteroatoms. The van der Waals surface area contributed by atoms with Crippen molar-refractivity contribution in [2.75, 3.05) is 31.1 Å². The third-order valence-corrected chi connectivity index (χ3v) is 2.98. The van der Waals surface area contributed by atoms with E-state index in [9.17, 15) is 4.79 Å². The molecule has 96 valence electrons. The Kier molecular flexibility index (Phi) is 3.97. The molecule has 1 aliphatic heterocycles. The Morgan fingerprint density at radius 3 is 2.50 bits per heavy atom. The molecular formula is C14H19N3O. The molecule has 0 saturated carbocycles. The molecule has 0 radical (unpaired) electrons. The molecule has 0 aromatic carbocycles. The van der Waals surface area contributed by atoms with Crippen molar-refractivity contribution in [2.24, 2.45) is 0 Å². The number of allylic oxidation sites excluding steroid dienone is 1. The highest BCUT2D eigenvalue weighted by Gasteiger charge is 2.20. The van der Waals surface area contributed by atoms with E-state index in [1.807, 2.05) is 36.9 Å². The van der Waals surface area contributed by atoms with Crippen LogP contribution in [0.4, 0.5) is 5.82 Å². The zero-order chi connectivity index (χ0) is 13.0. The Labute approximate surface area is 108 Å². The Balaban J connectivity index is 1.93. The van der Waals surface area contributed by atoms with Crippen LogP contribution in [0.5, 0.6) is 0 Å². The van der Waals surface area contributed by atoms with Crippen molar-refractivity contribution >= 4 is 11.7 Å². The minimum absolute atomic E-state index is 0.121. The van der Waals surface area contributed by atoms with Crippen molar-refractivity contribution in [1.82, 2.24) is 9.88 Å². The molecular weight excluding hydrogens is 226 g/mol. The first kappa shape index (κ1) is 12.6. The van der Waals surface area contributed by atoms with Gasteiger partial charge in [0.05, 0.1) is 0 Å². The van der Waals surface area contributed by atoms with Crippen molar-refractivity contribution in [1.29, 1.82) is 0 Å². The Hall–Kier alpha value is -1.84. The van der Waals surface area contributed by atoms with E-state index in [0.29, 0.717) is 0 Å². The quantitative estimate of drug-likeness (QED) is 0.744. The number of nitrogens with zero attached hydrogens (tertiary/aromatic N) is 3. The normalized spacial score (nSPS) is 15.4. The highest BCUT2D eigenvalue weighted by atomic mass is 16.2. The largest absolute Gasteiger partial charge is 0.353 e. The van der Waals surface area contributed by atoms with E-state index in [1.165, 1.54) is 0 Å². The van der Waals surface area contributed by atoms with Gasteiger partial charge in [0.25, 0.3) is 0 Å². The number of hydrogen-bond acceptors (Lipinski definition) is 3. The van der Waals surface area contributed by atoms with Crippen molar-refractivity contribution in [3.8, 4) is 0 Å². The van der Waals surface area contributed by atoms with E-state index in [4.69, 9.17) is 0 Å². The van der Waals surface area contributed by atoms with Gasteiger partial charge in [0.15, 0.2) is 0 Å². The van der Waals surface area contributed by atoms with Gasteiger partial charge in [-0.1, -0.05) is 11.6 Å². The van der Waals surface area contributed by atoms with Crippen LogP contribution in [-0.4, -0.2) is 42.0 Å². The van der Waals surface area contributed by atoms with Crippen molar-refractivity contribution in [2.45, 2.75) is 13.8 Å². The van der Waals surface area contributed by atoms with Crippen LogP contribution in [-0.2, 0) is 4.79 Å². The summed E-state index contributed by atoms with van der Waals surface area (Å²) in [5, 5.41) is 0. The van der Waals surface area contributed by atoms with E-state index >= 15 is 0 Å². The maximum atomic E-state index is 11.9. The summed E-state index contributed by atoms with van der Waals surface area (Å²) in [4.78, 5) is 20.3. The molecule has 0 N–H and O–H groups in total. The minimum Gasteiger partial charge on any atom is -0.353 e. The molecule has 1 fully saturated rings. The summed E-state index contributed by atoms with van der Waals surface area (Å²) in [7, 11) is 0. The summed E-state index contributed by atoms with van der Waals surface area (Å²) >= 11 is 0. The molecule has 0 aliphatic carbocycles. The number of carbonyl (C=O) groups is 1. The summed E-state index contributed by atoms with van der Waals surface area (Å²) in [6.45, 7) is 7.11.